The van der Waals surface area contributed by atoms with Gasteiger partial charge in [0, 0.05) is 9.90 Å². The Bertz CT molecular complexity index is 1100. The average Bonchev–Trinajstić information content (AvgIpc) is 3.03. The first-order valence-corrected chi connectivity index (χ1v) is 12.5. The second-order valence-corrected chi connectivity index (χ2v) is 10.7. The Balaban J connectivity index is 1.90. The molecule has 162 valence electrons. The Morgan fingerprint density at radius 2 is 1.93 bits per heavy atom. The fourth-order valence-corrected chi connectivity index (χ4v) is 6.06. The standard InChI is InChI=1S/C19H20Cl2N2O5S2/c1-28-19(25)17-12-5-3-4-6-15(12)29-18(17)22-16(24)10-23(30(2,26)27)14-8-7-11(20)9-13(14)21/h7-9H,3-6,10H2,1-2H3,(H,22,24). The van der Waals surface area contributed by atoms with Crippen LogP contribution in [0, 0.1) is 0 Å². The smallest absolute Gasteiger partial charge is 0.341 e. The van der Waals surface area contributed by atoms with Gasteiger partial charge in [-0.1, -0.05) is 23.2 Å². The van der Waals surface area contributed by atoms with Gasteiger partial charge in [0.2, 0.25) is 15.9 Å². The predicted molar refractivity (Wildman–Crippen MR) is 120 cm³/mol. The van der Waals surface area contributed by atoms with Crippen LogP contribution in [-0.2, 0) is 32.4 Å². The molecular weight excluding hydrogens is 471 g/mol. The predicted octanol–water partition coefficient (Wildman–Crippen LogP) is 4.13. The van der Waals surface area contributed by atoms with Gasteiger partial charge < -0.3 is 10.1 Å². The summed E-state index contributed by atoms with van der Waals surface area (Å²) >= 11 is 13.4. The van der Waals surface area contributed by atoms with Gasteiger partial charge >= 0.3 is 5.97 Å². The fourth-order valence-electron chi connectivity index (χ4n) is 3.33. The number of carbonyl (C=O) groups is 2. The SMILES string of the molecule is COC(=O)c1c(NC(=O)CN(c2ccc(Cl)cc2Cl)S(C)(=O)=O)sc2c1CCCC2. The lowest BCUT2D eigenvalue weighted by atomic mass is 9.95. The van der Waals surface area contributed by atoms with Gasteiger partial charge in [-0.3, -0.25) is 9.10 Å². The van der Waals surface area contributed by atoms with Crippen molar-refractivity contribution in [2.45, 2.75) is 25.7 Å². The second-order valence-electron chi connectivity index (χ2n) is 6.82. The van der Waals surface area contributed by atoms with E-state index >= 15 is 0 Å². The molecule has 3 rings (SSSR count). The molecule has 1 aliphatic carbocycles. The minimum absolute atomic E-state index is 0.0996. The summed E-state index contributed by atoms with van der Waals surface area (Å²) in [6.45, 7) is -0.511. The van der Waals surface area contributed by atoms with Gasteiger partial charge in [-0.15, -0.1) is 11.3 Å². The Hall–Kier alpha value is -1.81. The number of hydrogen-bond donors (Lipinski definition) is 1. The van der Waals surface area contributed by atoms with Crippen LogP contribution in [0.3, 0.4) is 0 Å². The van der Waals surface area contributed by atoms with Crippen molar-refractivity contribution in [1.82, 2.24) is 0 Å². The molecule has 1 aromatic carbocycles. The Labute approximate surface area is 189 Å². The van der Waals surface area contributed by atoms with Crippen LogP contribution in [0.5, 0.6) is 0 Å². The molecule has 0 unspecified atom stereocenters. The number of amides is 1. The molecule has 7 nitrogen and oxygen atoms in total. The largest absolute Gasteiger partial charge is 0.465 e. The third-order valence-electron chi connectivity index (χ3n) is 4.68. The number of sulfonamides is 1. The van der Waals surface area contributed by atoms with Crippen molar-refractivity contribution in [3.8, 4) is 0 Å². The number of ether oxygens (including phenoxy) is 1. The molecule has 0 atom stereocenters. The summed E-state index contributed by atoms with van der Waals surface area (Å²) in [4.78, 5) is 26.1. The van der Waals surface area contributed by atoms with Gasteiger partial charge in [0.1, 0.15) is 11.5 Å². The molecule has 0 saturated heterocycles. The van der Waals surface area contributed by atoms with E-state index in [1.54, 1.807) is 0 Å². The zero-order valence-electron chi connectivity index (χ0n) is 16.3. The van der Waals surface area contributed by atoms with Crippen LogP contribution in [-0.4, -0.2) is 40.2 Å². The maximum absolute atomic E-state index is 12.8. The molecule has 0 spiro atoms. The Morgan fingerprint density at radius 3 is 2.57 bits per heavy atom. The van der Waals surface area contributed by atoms with Crippen molar-refractivity contribution >= 4 is 67.1 Å². The number of aryl methyl sites for hydroxylation is 1. The van der Waals surface area contributed by atoms with E-state index < -0.39 is 28.4 Å². The van der Waals surface area contributed by atoms with E-state index in [4.69, 9.17) is 27.9 Å². The Morgan fingerprint density at radius 1 is 1.23 bits per heavy atom. The number of carbonyl (C=O) groups excluding carboxylic acids is 2. The molecule has 30 heavy (non-hydrogen) atoms. The summed E-state index contributed by atoms with van der Waals surface area (Å²) < 4.78 is 30.4. The van der Waals surface area contributed by atoms with E-state index in [0.717, 1.165) is 46.7 Å². The first-order valence-electron chi connectivity index (χ1n) is 9.07. The lowest BCUT2D eigenvalue weighted by Crippen LogP contribution is -2.37. The van der Waals surface area contributed by atoms with Crippen molar-refractivity contribution in [2.75, 3.05) is 29.5 Å². The molecule has 1 heterocycles. The highest BCUT2D eigenvalue weighted by molar-refractivity contribution is 7.92. The van der Waals surface area contributed by atoms with E-state index in [0.29, 0.717) is 15.6 Å². The van der Waals surface area contributed by atoms with Gasteiger partial charge in [-0.05, 0) is 49.4 Å². The van der Waals surface area contributed by atoms with Gasteiger partial charge in [0.15, 0.2) is 0 Å². The first-order chi connectivity index (χ1) is 14.1. The number of hydrogen-bond acceptors (Lipinski definition) is 6. The minimum atomic E-state index is -3.82. The van der Waals surface area contributed by atoms with E-state index in [1.807, 2.05) is 0 Å². The van der Waals surface area contributed by atoms with E-state index in [-0.39, 0.29) is 10.7 Å². The lowest BCUT2D eigenvalue weighted by molar-refractivity contribution is -0.114. The van der Waals surface area contributed by atoms with Crippen molar-refractivity contribution in [2.24, 2.45) is 0 Å². The van der Waals surface area contributed by atoms with Crippen molar-refractivity contribution in [3.63, 3.8) is 0 Å². The van der Waals surface area contributed by atoms with Crippen LogP contribution in [0.15, 0.2) is 18.2 Å². The molecule has 0 radical (unpaired) electrons. The summed E-state index contributed by atoms with van der Waals surface area (Å²) in [7, 11) is -2.53. The topological polar surface area (TPSA) is 92.8 Å². The maximum atomic E-state index is 12.8. The number of halogens is 2. The van der Waals surface area contributed by atoms with E-state index in [9.17, 15) is 18.0 Å². The molecule has 0 aliphatic heterocycles. The van der Waals surface area contributed by atoms with Crippen LogP contribution in [0.4, 0.5) is 10.7 Å². The number of fused-ring (bicyclic) bond motifs is 1. The van der Waals surface area contributed by atoms with Crippen LogP contribution in [0.25, 0.3) is 0 Å². The highest BCUT2D eigenvalue weighted by Crippen LogP contribution is 2.38. The maximum Gasteiger partial charge on any atom is 0.341 e. The Kier molecular flexibility index (Phi) is 6.96. The number of esters is 1. The first kappa shape index (κ1) is 22.9. The summed E-state index contributed by atoms with van der Waals surface area (Å²) in [5.41, 5.74) is 1.38. The molecule has 0 fully saturated rings. The van der Waals surface area contributed by atoms with Gasteiger partial charge in [0.05, 0.1) is 29.6 Å². The van der Waals surface area contributed by atoms with Gasteiger partial charge in [-0.25, -0.2) is 13.2 Å². The number of nitrogens with one attached hydrogen (secondary N) is 1. The quantitative estimate of drug-likeness (QED) is 0.614. The summed E-state index contributed by atoms with van der Waals surface area (Å²) in [5.74, 6) is -1.12. The van der Waals surface area contributed by atoms with E-state index in [2.05, 4.69) is 5.32 Å². The third kappa shape index (κ3) is 4.91. The summed E-state index contributed by atoms with van der Waals surface area (Å²) in [5, 5.41) is 3.50. The number of methoxy groups -OCH3 is 1. The molecular formula is C19H20Cl2N2O5S2. The molecule has 0 saturated carbocycles. The normalized spacial score (nSPS) is 13.5. The zero-order valence-corrected chi connectivity index (χ0v) is 19.5. The summed E-state index contributed by atoms with van der Waals surface area (Å²) in [6.07, 6.45) is 4.52. The fraction of sp³-hybridized carbons (Fsp3) is 0.368. The van der Waals surface area contributed by atoms with Gasteiger partial charge in [0.25, 0.3) is 0 Å². The molecule has 2 aromatic rings. The molecule has 11 heteroatoms. The number of anilines is 2. The van der Waals surface area contributed by atoms with Crippen molar-refractivity contribution in [1.29, 1.82) is 0 Å². The molecule has 1 amide bonds. The minimum Gasteiger partial charge on any atom is -0.465 e. The van der Waals surface area contributed by atoms with Crippen LogP contribution < -0.4 is 9.62 Å². The van der Waals surface area contributed by atoms with Crippen LogP contribution in [0.1, 0.15) is 33.6 Å². The monoisotopic (exact) mass is 490 g/mol. The van der Waals surface area contributed by atoms with Crippen LogP contribution in [0.2, 0.25) is 10.0 Å². The molecule has 1 aromatic heterocycles. The molecule has 1 N–H and O–H groups in total. The van der Waals surface area contributed by atoms with Crippen LogP contribution >= 0.6 is 34.5 Å². The molecule has 0 bridgehead atoms. The number of benzene rings is 1. The second kappa shape index (κ2) is 9.13. The van der Waals surface area contributed by atoms with Gasteiger partial charge in [-0.2, -0.15) is 0 Å². The average molecular weight is 491 g/mol. The number of rotatable bonds is 6. The number of thiophene rings is 1. The zero-order chi connectivity index (χ0) is 22.1. The lowest BCUT2D eigenvalue weighted by Gasteiger charge is -2.23. The highest BCUT2D eigenvalue weighted by Gasteiger charge is 2.28. The van der Waals surface area contributed by atoms with Crippen molar-refractivity contribution < 1.29 is 22.7 Å². The number of nitrogens with zero attached hydrogens (tertiary/aromatic N) is 1. The molecule has 1 aliphatic rings. The summed E-state index contributed by atoms with van der Waals surface area (Å²) in [6, 6.07) is 4.32. The van der Waals surface area contributed by atoms with E-state index in [1.165, 1.54) is 36.6 Å². The third-order valence-corrected chi connectivity index (χ3v) is 7.55. The van der Waals surface area contributed by atoms with Crippen molar-refractivity contribution in [3.05, 3.63) is 44.2 Å². The highest BCUT2D eigenvalue weighted by atomic mass is 35.5.